The second kappa shape index (κ2) is 10.0. The van der Waals surface area contributed by atoms with Gasteiger partial charge in [0.1, 0.15) is 0 Å². The molecule has 0 spiro atoms. The van der Waals surface area contributed by atoms with Crippen molar-refractivity contribution in [2.45, 2.75) is 32.6 Å². The number of benzene rings is 1. The van der Waals surface area contributed by atoms with Crippen LogP contribution in [0.3, 0.4) is 0 Å². The molecular weight excluding hydrogens is 432 g/mol. The molecule has 2 heterocycles. The molecule has 1 amide bonds. The molecule has 0 atom stereocenters. The van der Waals surface area contributed by atoms with Crippen molar-refractivity contribution in [2.24, 2.45) is 0 Å². The van der Waals surface area contributed by atoms with Crippen molar-refractivity contribution in [2.75, 3.05) is 27.3 Å². The molecule has 0 bridgehead atoms. The van der Waals surface area contributed by atoms with E-state index >= 15 is 0 Å². The number of pyridine rings is 1. The maximum Gasteiger partial charge on any atom is 0.254 e. The lowest BCUT2D eigenvalue weighted by atomic mass is 9.85. The van der Waals surface area contributed by atoms with Crippen LogP contribution in [-0.4, -0.2) is 54.7 Å². The average Bonchev–Trinajstić information content (AvgIpc) is 2.88. The van der Waals surface area contributed by atoms with Crippen molar-refractivity contribution in [3.8, 4) is 11.1 Å². The predicted octanol–water partition coefficient (Wildman–Crippen LogP) is 3.89. The standard InChI is InChI=1S/C27H28N2O5/c1-17-21(24(31)26(34-3)25(33-2)23(17)30)15-18-9-7-11-20(22(18)19-10-8-12-28-16-19)27(32)29-13-5-4-6-14-29/h7-12,16H,4-6,13-15H2,1-3H3. The number of likely N-dealkylation sites (tertiary alicyclic amines) is 1. The highest BCUT2D eigenvalue weighted by Crippen LogP contribution is 2.34. The van der Waals surface area contributed by atoms with E-state index in [-0.39, 0.29) is 35.4 Å². The van der Waals surface area contributed by atoms with Crippen LogP contribution in [0.15, 0.2) is 65.4 Å². The Morgan fingerprint density at radius 3 is 2.32 bits per heavy atom. The summed E-state index contributed by atoms with van der Waals surface area (Å²) in [5.41, 5.74) is 3.49. The zero-order valence-electron chi connectivity index (χ0n) is 19.7. The van der Waals surface area contributed by atoms with E-state index in [2.05, 4.69) is 4.98 Å². The fourth-order valence-electron chi connectivity index (χ4n) is 4.64. The summed E-state index contributed by atoms with van der Waals surface area (Å²) in [6, 6.07) is 9.25. The lowest BCUT2D eigenvalue weighted by Gasteiger charge is -2.28. The predicted molar refractivity (Wildman–Crippen MR) is 127 cm³/mol. The van der Waals surface area contributed by atoms with Crippen LogP contribution in [0.4, 0.5) is 0 Å². The molecule has 176 valence electrons. The van der Waals surface area contributed by atoms with Gasteiger partial charge in [-0.15, -0.1) is 0 Å². The number of allylic oxidation sites excluding steroid dienone is 2. The van der Waals surface area contributed by atoms with Gasteiger partial charge in [0.05, 0.1) is 14.2 Å². The highest BCUT2D eigenvalue weighted by Gasteiger charge is 2.35. The van der Waals surface area contributed by atoms with E-state index in [1.54, 1.807) is 19.3 Å². The molecule has 1 aromatic carbocycles. The van der Waals surface area contributed by atoms with Crippen LogP contribution in [0.25, 0.3) is 11.1 Å². The number of methoxy groups -OCH3 is 2. The Hall–Kier alpha value is -3.74. The number of rotatable bonds is 6. The van der Waals surface area contributed by atoms with Crippen molar-refractivity contribution < 1.29 is 23.9 Å². The van der Waals surface area contributed by atoms with E-state index in [4.69, 9.17) is 9.47 Å². The minimum atomic E-state index is -0.388. The van der Waals surface area contributed by atoms with Crippen molar-refractivity contribution in [3.05, 3.63) is 76.5 Å². The van der Waals surface area contributed by atoms with E-state index < -0.39 is 0 Å². The summed E-state index contributed by atoms with van der Waals surface area (Å²) in [5, 5.41) is 0. The van der Waals surface area contributed by atoms with Gasteiger partial charge in [-0.3, -0.25) is 19.4 Å². The van der Waals surface area contributed by atoms with Crippen LogP contribution in [0, 0.1) is 0 Å². The highest BCUT2D eigenvalue weighted by atomic mass is 16.5. The minimum Gasteiger partial charge on any atom is -0.489 e. The van der Waals surface area contributed by atoms with Crippen LogP contribution in [-0.2, 0) is 25.5 Å². The van der Waals surface area contributed by atoms with Gasteiger partial charge in [0, 0.05) is 54.2 Å². The fraction of sp³-hybridized carbons (Fsp3) is 0.333. The number of carbonyl (C=O) groups excluding carboxylic acids is 3. The molecule has 0 N–H and O–H groups in total. The Morgan fingerprint density at radius 2 is 1.68 bits per heavy atom. The largest absolute Gasteiger partial charge is 0.489 e. The van der Waals surface area contributed by atoms with E-state index in [0.29, 0.717) is 16.7 Å². The minimum absolute atomic E-state index is 0.0312. The number of ether oxygens (including phenoxy) is 2. The molecule has 1 aliphatic heterocycles. The third-order valence-corrected chi connectivity index (χ3v) is 6.44. The van der Waals surface area contributed by atoms with Gasteiger partial charge in [-0.1, -0.05) is 18.2 Å². The molecule has 0 unspecified atom stereocenters. The number of amides is 1. The quantitative estimate of drug-likeness (QED) is 0.608. The number of aromatic nitrogens is 1. The van der Waals surface area contributed by atoms with Gasteiger partial charge < -0.3 is 14.4 Å². The molecule has 1 aromatic heterocycles. The van der Waals surface area contributed by atoms with E-state index in [9.17, 15) is 14.4 Å². The summed E-state index contributed by atoms with van der Waals surface area (Å²) >= 11 is 0. The maximum atomic E-state index is 13.5. The van der Waals surface area contributed by atoms with Gasteiger partial charge in [0.15, 0.2) is 0 Å². The van der Waals surface area contributed by atoms with Crippen LogP contribution >= 0.6 is 0 Å². The smallest absolute Gasteiger partial charge is 0.254 e. The summed E-state index contributed by atoms with van der Waals surface area (Å²) in [7, 11) is 2.69. The van der Waals surface area contributed by atoms with E-state index in [0.717, 1.165) is 49.0 Å². The first kappa shape index (κ1) is 23.4. The molecule has 0 saturated carbocycles. The molecule has 0 radical (unpaired) electrons. The normalized spacial score (nSPS) is 16.7. The first-order valence-electron chi connectivity index (χ1n) is 11.4. The lowest BCUT2D eigenvalue weighted by molar-refractivity contribution is -0.121. The van der Waals surface area contributed by atoms with Crippen LogP contribution < -0.4 is 0 Å². The maximum absolute atomic E-state index is 13.5. The number of piperidine rings is 1. The zero-order valence-corrected chi connectivity index (χ0v) is 19.7. The fourth-order valence-corrected chi connectivity index (χ4v) is 4.64. The third-order valence-electron chi connectivity index (χ3n) is 6.44. The summed E-state index contributed by atoms with van der Waals surface area (Å²) in [6.07, 6.45) is 6.67. The number of hydrogen-bond acceptors (Lipinski definition) is 6. The first-order valence-corrected chi connectivity index (χ1v) is 11.4. The van der Waals surface area contributed by atoms with Crippen LogP contribution in [0.1, 0.15) is 42.1 Å². The summed E-state index contributed by atoms with van der Waals surface area (Å²) in [4.78, 5) is 45.8. The second-order valence-corrected chi connectivity index (χ2v) is 8.44. The van der Waals surface area contributed by atoms with Crippen LogP contribution in [0.5, 0.6) is 0 Å². The van der Waals surface area contributed by atoms with E-state index in [1.807, 2.05) is 35.2 Å². The summed E-state index contributed by atoms with van der Waals surface area (Å²) in [6.45, 7) is 3.08. The molecule has 2 aliphatic rings. The topological polar surface area (TPSA) is 85.8 Å². The lowest BCUT2D eigenvalue weighted by Crippen LogP contribution is -2.36. The number of nitrogens with zero attached hydrogens (tertiary/aromatic N) is 2. The number of ketones is 2. The van der Waals surface area contributed by atoms with Crippen molar-refractivity contribution >= 4 is 17.5 Å². The highest BCUT2D eigenvalue weighted by molar-refractivity contribution is 6.23. The Morgan fingerprint density at radius 1 is 0.971 bits per heavy atom. The van der Waals surface area contributed by atoms with Gasteiger partial charge in [-0.2, -0.15) is 0 Å². The van der Waals surface area contributed by atoms with Gasteiger partial charge >= 0.3 is 0 Å². The molecule has 2 aromatic rings. The Labute approximate surface area is 199 Å². The monoisotopic (exact) mass is 460 g/mol. The van der Waals surface area contributed by atoms with Gasteiger partial charge in [-0.25, -0.2) is 0 Å². The molecule has 1 saturated heterocycles. The van der Waals surface area contributed by atoms with Crippen molar-refractivity contribution in [1.29, 1.82) is 0 Å². The summed E-state index contributed by atoms with van der Waals surface area (Å²) < 4.78 is 10.4. The Kier molecular flexibility index (Phi) is 6.91. The Balaban J connectivity index is 1.81. The van der Waals surface area contributed by atoms with Gasteiger partial charge in [-0.05, 0) is 49.4 Å². The van der Waals surface area contributed by atoms with Crippen molar-refractivity contribution in [3.63, 3.8) is 0 Å². The Bertz CT molecular complexity index is 1190. The number of hydrogen-bond donors (Lipinski definition) is 0. The molecule has 34 heavy (non-hydrogen) atoms. The third kappa shape index (κ3) is 4.25. The average molecular weight is 461 g/mol. The first-order chi connectivity index (χ1) is 16.5. The second-order valence-electron chi connectivity index (χ2n) is 8.44. The molecule has 1 fully saturated rings. The molecular formula is C27H28N2O5. The van der Waals surface area contributed by atoms with Gasteiger partial charge in [0.2, 0.25) is 23.1 Å². The zero-order chi connectivity index (χ0) is 24.2. The number of Topliss-reactive ketones (excluding diaryl/α,β-unsaturated/α-hetero) is 2. The molecule has 7 heteroatoms. The van der Waals surface area contributed by atoms with E-state index in [1.165, 1.54) is 14.2 Å². The summed E-state index contributed by atoms with van der Waals surface area (Å²) in [5.74, 6) is -0.984. The number of carbonyl (C=O) groups is 3. The molecule has 7 nitrogen and oxygen atoms in total. The SMILES string of the molecule is COC1=C(OC)C(=O)C(Cc2cccc(C(=O)N3CCCCC3)c2-c2cccnc2)=C(C)C1=O. The molecule has 4 rings (SSSR count). The van der Waals surface area contributed by atoms with Crippen molar-refractivity contribution in [1.82, 2.24) is 9.88 Å². The molecule has 1 aliphatic carbocycles. The van der Waals surface area contributed by atoms with Crippen LogP contribution in [0.2, 0.25) is 0 Å². The van der Waals surface area contributed by atoms with Gasteiger partial charge in [0.25, 0.3) is 5.91 Å².